The molecule has 1 aromatic rings. The average molecular weight is 279 g/mol. The summed E-state index contributed by atoms with van der Waals surface area (Å²) in [5.41, 5.74) is 0.700. The van der Waals surface area contributed by atoms with Crippen molar-refractivity contribution in [3.8, 4) is 0 Å². The smallest absolute Gasteiger partial charge is 0.306 e. The van der Waals surface area contributed by atoms with Gasteiger partial charge in [0.15, 0.2) is 0 Å². The molecule has 20 heavy (non-hydrogen) atoms. The lowest BCUT2D eigenvalue weighted by molar-refractivity contribution is -0.141. The number of halogens is 1. The van der Waals surface area contributed by atoms with Gasteiger partial charge in [0.25, 0.3) is 0 Å². The van der Waals surface area contributed by atoms with Crippen LogP contribution in [0.5, 0.6) is 0 Å². The molecule has 0 radical (unpaired) electrons. The average Bonchev–Trinajstić information content (AvgIpc) is 2.88. The number of amides is 1. The fourth-order valence-corrected chi connectivity index (χ4v) is 2.63. The third-order valence-corrected chi connectivity index (χ3v) is 3.86. The van der Waals surface area contributed by atoms with Gasteiger partial charge < -0.3 is 10.4 Å². The molecule has 1 aliphatic rings. The van der Waals surface area contributed by atoms with Gasteiger partial charge in [-0.1, -0.05) is 12.1 Å². The van der Waals surface area contributed by atoms with E-state index >= 15 is 0 Å². The molecule has 0 aliphatic heterocycles. The van der Waals surface area contributed by atoms with Gasteiger partial charge in [0, 0.05) is 5.92 Å². The van der Waals surface area contributed by atoms with Crippen LogP contribution >= 0.6 is 0 Å². The zero-order valence-electron chi connectivity index (χ0n) is 11.3. The first-order valence-corrected chi connectivity index (χ1v) is 6.76. The van der Waals surface area contributed by atoms with Crippen molar-refractivity contribution >= 4 is 11.9 Å². The number of carboxylic acids is 1. The van der Waals surface area contributed by atoms with E-state index in [9.17, 15) is 14.0 Å². The molecule has 5 heteroatoms. The van der Waals surface area contributed by atoms with Crippen LogP contribution < -0.4 is 5.32 Å². The molecule has 2 unspecified atom stereocenters. The fraction of sp³-hybridized carbons (Fsp3) is 0.467. The Morgan fingerprint density at radius 1 is 1.35 bits per heavy atom. The second-order valence-electron chi connectivity index (χ2n) is 5.33. The van der Waals surface area contributed by atoms with Crippen LogP contribution in [0, 0.1) is 17.7 Å². The molecule has 3 atom stereocenters. The molecule has 2 N–H and O–H groups in total. The quantitative estimate of drug-likeness (QED) is 0.890. The maximum absolute atomic E-state index is 13.1. The molecule has 0 heterocycles. The summed E-state index contributed by atoms with van der Waals surface area (Å²) in [4.78, 5) is 23.0. The number of hydrogen-bond acceptors (Lipinski definition) is 2. The Balaban J connectivity index is 1.93. The van der Waals surface area contributed by atoms with Gasteiger partial charge in [-0.2, -0.15) is 0 Å². The van der Waals surface area contributed by atoms with Crippen molar-refractivity contribution in [2.24, 2.45) is 11.8 Å². The van der Waals surface area contributed by atoms with Crippen LogP contribution in [-0.4, -0.2) is 17.0 Å². The number of carboxylic acid groups (broad SMARTS) is 1. The summed E-state index contributed by atoms with van der Waals surface area (Å²) in [7, 11) is 0. The molecular formula is C15H18FNO3. The molecule has 1 aliphatic carbocycles. The standard InChI is InChI=1S/C15H18FNO3/c1-9(10-3-2-4-13(16)8-10)17-14(18)11-5-6-12(7-11)15(19)20/h2-4,8-9,11-12H,5-7H2,1H3,(H,17,18)(H,19,20)/t9-,11?,12?/m0/s1. The summed E-state index contributed by atoms with van der Waals surface area (Å²) in [6, 6.07) is 5.81. The van der Waals surface area contributed by atoms with Crippen LogP contribution in [0.15, 0.2) is 24.3 Å². The minimum atomic E-state index is -0.835. The van der Waals surface area contributed by atoms with E-state index in [0.29, 0.717) is 24.8 Å². The third-order valence-electron chi connectivity index (χ3n) is 3.86. The van der Waals surface area contributed by atoms with Gasteiger partial charge in [-0.15, -0.1) is 0 Å². The molecule has 108 valence electrons. The van der Waals surface area contributed by atoms with E-state index in [1.54, 1.807) is 19.1 Å². The lowest BCUT2D eigenvalue weighted by Gasteiger charge is -2.17. The van der Waals surface area contributed by atoms with Crippen molar-refractivity contribution < 1.29 is 19.1 Å². The predicted molar refractivity (Wildman–Crippen MR) is 71.4 cm³/mol. The zero-order chi connectivity index (χ0) is 14.7. The Kier molecular flexibility index (Phi) is 4.37. The molecule has 0 spiro atoms. The SMILES string of the molecule is C[C@H](NC(=O)C1CCC(C(=O)O)C1)c1cccc(F)c1. The van der Waals surface area contributed by atoms with Crippen molar-refractivity contribution in [3.05, 3.63) is 35.6 Å². The summed E-state index contributed by atoms with van der Waals surface area (Å²) in [5.74, 6) is -2.00. The monoisotopic (exact) mass is 279 g/mol. The molecule has 0 aromatic heterocycles. The molecule has 0 bridgehead atoms. The highest BCUT2D eigenvalue weighted by Gasteiger charge is 2.34. The summed E-state index contributed by atoms with van der Waals surface area (Å²) in [6.07, 6.45) is 1.53. The van der Waals surface area contributed by atoms with Crippen LogP contribution in [0.4, 0.5) is 4.39 Å². The van der Waals surface area contributed by atoms with E-state index in [4.69, 9.17) is 5.11 Å². The Morgan fingerprint density at radius 3 is 2.65 bits per heavy atom. The topological polar surface area (TPSA) is 66.4 Å². The number of benzene rings is 1. The summed E-state index contributed by atoms with van der Waals surface area (Å²) >= 11 is 0. The van der Waals surface area contributed by atoms with Gasteiger partial charge in [0.1, 0.15) is 5.82 Å². The van der Waals surface area contributed by atoms with Crippen molar-refractivity contribution in [2.75, 3.05) is 0 Å². The van der Waals surface area contributed by atoms with E-state index < -0.39 is 11.9 Å². The molecule has 1 saturated carbocycles. The Bertz CT molecular complexity index is 518. The highest BCUT2D eigenvalue weighted by atomic mass is 19.1. The highest BCUT2D eigenvalue weighted by Crippen LogP contribution is 2.31. The summed E-state index contributed by atoms with van der Waals surface area (Å²) in [5, 5.41) is 11.8. The molecule has 1 amide bonds. The second kappa shape index (κ2) is 6.03. The second-order valence-corrected chi connectivity index (χ2v) is 5.33. The van der Waals surface area contributed by atoms with Crippen LogP contribution in [0.2, 0.25) is 0 Å². The lowest BCUT2D eigenvalue weighted by Crippen LogP contribution is -2.32. The van der Waals surface area contributed by atoms with Crippen molar-refractivity contribution in [3.63, 3.8) is 0 Å². The first-order chi connectivity index (χ1) is 9.47. The van der Waals surface area contributed by atoms with Gasteiger partial charge >= 0.3 is 5.97 Å². The Hall–Kier alpha value is -1.91. The van der Waals surface area contributed by atoms with E-state index in [1.165, 1.54) is 12.1 Å². The number of carbonyl (C=O) groups excluding carboxylic acids is 1. The first-order valence-electron chi connectivity index (χ1n) is 6.76. The third kappa shape index (κ3) is 3.35. The van der Waals surface area contributed by atoms with Gasteiger partial charge in [0.05, 0.1) is 12.0 Å². The van der Waals surface area contributed by atoms with Gasteiger partial charge in [-0.3, -0.25) is 9.59 Å². The number of aliphatic carboxylic acids is 1. The van der Waals surface area contributed by atoms with Crippen molar-refractivity contribution in [1.82, 2.24) is 5.32 Å². The van der Waals surface area contributed by atoms with Crippen LogP contribution in [0.25, 0.3) is 0 Å². The highest BCUT2D eigenvalue weighted by molar-refractivity contribution is 5.81. The minimum absolute atomic E-state index is 0.148. The Labute approximate surface area is 117 Å². The maximum Gasteiger partial charge on any atom is 0.306 e. The summed E-state index contributed by atoms with van der Waals surface area (Å²) < 4.78 is 13.1. The largest absolute Gasteiger partial charge is 0.481 e. The van der Waals surface area contributed by atoms with Crippen molar-refractivity contribution in [1.29, 1.82) is 0 Å². The lowest BCUT2D eigenvalue weighted by atomic mass is 10.0. The Morgan fingerprint density at radius 2 is 2.05 bits per heavy atom. The van der Waals surface area contributed by atoms with E-state index in [2.05, 4.69) is 5.32 Å². The molecule has 2 rings (SSSR count). The zero-order valence-corrected chi connectivity index (χ0v) is 11.3. The van der Waals surface area contributed by atoms with E-state index in [1.807, 2.05) is 0 Å². The predicted octanol–water partition coefficient (Wildman–Crippen LogP) is 2.50. The molecule has 1 fully saturated rings. The van der Waals surface area contributed by atoms with Gasteiger partial charge in [-0.05, 0) is 43.9 Å². The fourth-order valence-electron chi connectivity index (χ4n) is 2.63. The van der Waals surface area contributed by atoms with E-state index in [-0.39, 0.29) is 23.7 Å². The molecule has 1 aromatic carbocycles. The van der Waals surface area contributed by atoms with Crippen molar-refractivity contribution in [2.45, 2.75) is 32.2 Å². The normalized spacial score (nSPS) is 23.3. The van der Waals surface area contributed by atoms with E-state index in [0.717, 1.165) is 0 Å². The molecule has 0 saturated heterocycles. The number of nitrogens with one attached hydrogen (secondary N) is 1. The molecular weight excluding hydrogens is 261 g/mol. The first kappa shape index (κ1) is 14.5. The van der Waals surface area contributed by atoms with Crippen LogP contribution in [0.3, 0.4) is 0 Å². The minimum Gasteiger partial charge on any atom is -0.481 e. The van der Waals surface area contributed by atoms with Crippen LogP contribution in [0.1, 0.15) is 37.8 Å². The van der Waals surface area contributed by atoms with Crippen LogP contribution in [-0.2, 0) is 9.59 Å². The maximum atomic E-state index is 13.1. The number of carbonyl (C=O) groups is 2. The summed E-state index contributed by atoms with van der Waals surface area (Å²) in [6.45, 7) is 1.79. The van der Waals surface area contributed by atoms with Gasteiger partial charge in [-0.25, -0.2) is 4.39 Å². The number of rotatable bonds is 4. The van der Waals surface area contributed by atoms with Gasteiger partial charge in [0.2, 0.25) is 5.91 Å². The number of hydrogen-bond donors (Lipinski definition) is 2. The molecule has 4 nitrogen and oxygen atoms in total.